The lowest BCUT2D eigenvalue weighted by molar-refractivity contribution is -0.688. The van der Waals surface area contributed by atoms with Gasteiger partial charge in [0, 0.05) is 123 Å². The first-order valence-electron chi connectivity index (χ1n) is 26.3. The second-order valence-electron chi connectivity index (χ2n) is 19.9. The molecule has 3 aliphatic heterocycles. The Morgan fingerprint density at radius 1 is 0.351 bits per heavy atom. The molecular formula is C69H56N8+4. The van der Waals surface area contributed by atoms with E-state index in [0.717, 1.165) is 115 Å². The summed E-state index contributed by atoms with van der Waals surface area (Å²) in [5.74, 6) is 0. The molecule has 4 aromatic carbocycles. The number of hydrogen-bond acceptors (Lipinski definition) is 2. The third kappa shape index (κ3) is 9.96. The molecule has 0 radical (unpaired) electrons. The average Bonchev–Trinajstić information content (AvgIpc) is 4.32. The Bertz CT molecular complexity index is 4120. The van der Waals surface area contributed by atoms with Gasteiger partial charge in [0.1, 0.15) is 0 Å². The normalized spacial score (nSPS) is 13.9. The Balaban J connectivity index is 1.02. The standard InChI is InChI=1S/C69H56N8/c1-73-49-58-44-65(73)69(57-28-20-53(21-29-57)48-77-42-12-5-13-43-77)64-35-34-63(72-64)68(56-26-18-52(19-27-56)47-76-40-10-4-11-41-76)62-33-32-61(71-62)67(55-24-16-51(17-25-55)46-75-38-8-3-9-39-75)60-31-30-59(70-60)66(58)54-22-14-50(15-23-54)45-74-36-6-2-7-37-74/h2-44,49,71H,45-48H2,1H3/q+4. The highest BCUT2D eigenvalue weighted by Gasteiger charge is 2.25. The molecule has 3 aliphatic rings. The Kier molecular flexibility index (Phi) is 12.6. The van der Waals surface area contributed by atoms with Crippen molar-refractivity contribution in [2.45, 2.75) is 26.2 Å². The number of fused-ring (bicyclic) bond motifs is 6. The number of allylic oxidation sites excluding steroid dienone is 4. The zero-order chi connectivity index (χ0) is 51.5. The lowest BCUT2D eigenvalue weighted by Gasteiger charge is -2.13. The monoisotopic (exact) mass is 996 g/mol. The zero-order valence-electron chi connectivity index (χ0n) is 42.9. The van der Waals surface area contributed by atoms with Gasteiger partial charge in [-0.1, -0.05) is 121 Å². The SMILES string of the molecule is Cn1cc2cc1C(c1ccc(C[n+]3ccccc3)cc1)=C1C=CC(=N1)C(c1ccc(C[n+]3ccccc3)cc1)=c1ccc([nH]1)=C(c1ccc(C[n+]3ccccc3)cc1)C1=NC(=C2c2ccc(C[n+]3ccccc3)cc2)C=C1. The average molecular weight is 997 g/mol. The third-order valence-electron chi connectivity index (χ3n) is 14.6. The van der Waals surface area contributed by atoms with Crippen LogP contribution in [0.15, 0.2) is 290 Å². The van der Waals surface area contributed by atoms with Crippen LogP contribution in [0.4, 0.5) is 0 Å². The maximum atomic E-state index is 5.65. The van der Waals surface area contributed by atoms with Gasteiger partial charge in [0.2, 0.25) is 0 Å². The Hall–Kier alpha value is -9.92. The van der Waals surface area contributed by atoms with Gasteiger partial charge in [0.05, 0.1) is 28.5 Å². The number of rotatable bonds is 12. The number of aryl methyl sites for hydroxylation is 1. The molecule has 0 aliphatic carbocycles. The summed E-state index contributed by atoms with van der Waals surface area (Å²) in [6, 6.07) is 67.4. The molecule has 0 saturated heterocycles. The molecule has 0 spiro atoms. The van der Waals surface area contributed by atoms with Crippen LogP contribution in [0.5, 0.6) is 0 Å². The summed E-state index contributed by atoms with van der Waals surface area (Å²) < 4.78 is 11.1. The topological polar surface area (TPSA) is 61.0 Å². The molecular weight excluding hydrogens is 941 g/mol. The van der Waals surface area contributed by atoms with Gasteiger partial charge in [-0.2, -0.15) is 0 Å². The predicted octanol–water partition coefficient (Wildman–Crippen LogP) is 9.35. The van der Waals surface area contributed by atoms with Gasteiger partial charge in [-0.3, -0.25) is 0 Å². The van der Waals surface area contributed by atoms with Crippen molar-refractivity contribution in [1.29, 1.82) is 0 Å². The fraction of sp³-hybridized carbons (Fsp3) is 0.0725. The summed E-state index contributed by atoms with van der Waals surface area (Å²) >= 11 is 0. The van der Waals surface area contributed by atoms with Crippen molar-refractivity contribution in [3.8, 4) is 0 Å². The van der Waals surface area contributed by atoms with Gasteiger partial charge >= 0.3 is 0 Å². The number of pyridine rings is 4. The van der Waals surface area contributed by atoms with Crippen LogP contribution in [-0.4, -0.2) is 21.0 Å². The summed E-state index contributed by atoms with van der Waals surface area (Å²) in [5, 5.41) is 1.94. The smallest absolute Gasteiger partial charge is 0.173 e. The predicted molar refractivity (Wildman–Crippen MR) is 304 cm³/mol. The van der Waals surface area contributed by atoms with Crippen molar-refractivity contribution < 1.29 is 18.3 Å². The number of H-pyrrole nitrogens is 1. The van der Waals surface area contributed by atoms with Gasteiger partial charge in [0.15, 0.2) is 75.8 Å². The summed E-state index contributed by atoms with van der Waals surface area (Å²) in [5.41, 5.74) is 19.0. The molecule has 368 valence electrons. The van der Waals surface area contributed by atoms with Gasteiger partial charge in [-0.25, -0.2) is 28.3 Å². The maximum absolute atomic E-state index is 5.65. The van der Waals surface area contributed by atoms with E-state index in [1.807, 2.05) is 0 Å². The van der Waals surface area contributed by atoms with Crippen LogP contribution in [0, 0.1) is 0 Å². The summed E-state index contributed by atoms with van der Waals surface area (Å²) in [4.78, 5) is 15.3. The number of hydrogen-bond donors (Lipinski definition) is 1. The van der Waals surface area contributed by atoms with Crippen molar-refractivity contribution in [2.24, 2.45) is 17.0 Å². The van der Waals surface area contributed by atoms with Crippen LogP contribution in [0.2, 0.25) is 0 Å². The van der Waals surface area contributed by atoms with E-state index in [1.165, 1.54) is 22.3 Å². The molecule has 1 N–H and O–H groups in total. The highest BCUT2D eigenvalue weighted by molar-refractivity contribution is 6.31. The molecule has 0 amide bonds. The van der Waals surface area contributed by atoms with Crippen LogP contribution >= 0.6 is 0 Å². The van der Waals surface area contributed by atoms with Gasteiger partial charge < -0.3 is 9.55 Å². The van der Waals surface area contributed by atoms with Crippen LogP contribution < -0.4 is 29.0 Å². The molecule has 77 heavy (non-hydrogen) atoms. The van der Waals surface area contributed by atoms with Crippen molar-refractivity contribution >= 4 is 33.7 Å². The molecule has 8 heteroatoms. The Labute approximate surface area is 448 Å². The number of nitrogens with one attached hydrogen (secondary N) is 1. The maximum Gasteiger partial charge on any atom is 0.173 e. The van der Waals surface area contributed by atoms with E-state index < -0.39 is 0 Å². The minimum absolute atomic E-state index is 0.773. The van der Waals surface area contributed by atoms with Gasteiger partial charge in [-0.15, -0.1) is 0 Å². The largest absolute Gasteiger partial charge is 0.354 e. The van der Waals surface area contributed by atoms with Crippen molar-refractivity contribution in [3.63, 3.8) is 0 Å². The fourth-order valence-corrected chi connectivity index (χ4v) is 10.8. The van der Waals surface area contributed by atoms with Crippen molar-refractivity contribution in [3.05, 3.63) is 346 Å². The van der Waals surface area contributed by atoms with Crippen LogP contribution in [-0.2, 0) is 33.2 Å². The second-order valence-corrected chi connectivity index (χ2v) is 19.9. The third-order valence-corrected chi connectivity index (χ3v) is 14.6. The molecule has 0 unspecified atom stereocenters. The molecule has 10 aromatic rings. The summed E-state index contributed by atoms with van der Waals surface area (Å²) in [6.07, 6.45) is 27.9. The first-order chi connectivity index (χ1) is 38.0. The Morgan fingerprint density at radius 3 is 1.04 bits per heavy atom. The van der Waals surface area contributed by atoms with Crippen LogP contribution in [0.25, 0.3) is 22.3 Å². The molecule has 9 heterocycles. The molecule has 0 atom stereocenters. The minimum atomic E-state index is 0.773. The van der Waals surface area contributed by atoms with E-state index in [2.05, 4.69) is 303 Å². The van der Waals surface area contributed by atoms with Crippen LogP contribution in [0.1, 0.15) is 55.8 Å². The van der Waals surface area contributed by atoms with Crippen molar-refractivity contribution in [1.82, 2.24) is 9.55 Å². The fourth-order valence-electron chi connectivity index (χ4n) is 10.8. The first-order valence-corrected chi connectivity index (χ1v) is 26.3. The van der Waals surface area contributed by atoms with E-state index in [1.54, 1.807) is 0 Å². The number of aromatic amines is 1. The number of aromatic nitrogens is 6. The number of nitrogens with zero attached hydrogens (tertiary/aromatic N) is 7. The Morgan fingerprint density at radius 2 is 0.675 bits per heavy atom. The molecule has 8 bridgehead atoms. The zero-order valence-corrected chi connectivity index (χ0v) is 42.9. The molecule has 0 fully saturated rings. The lowest BCUT2D eigenvalue weighted by atomic mass is 9.95. The second kappa shape index (κ2) is 20.8. The lowest BCUT2D eigenvalue weighted by Crippen LogP contribution is -2.32. The van der Waals surface area contributed by atoms with E-state index in [0.29, 0.717) is 0 Å². The van der Waals surface area contributed by atoms with Gasteiger partial charge in [0.25, 0.3) is 0 Å². The first kappa shape index (κ1) is 46.8. The van der Waals surface area contributed by atoms with Crippen LogP contribution in [0.3, 0.4) is 0 Å². The molecule has 8 nitrogen and oxygen atoms in total. The highest BCUT2D eigenvalue weighted by atomic mass is 15.0. The summed E-state index contributed by atoms with van der Waals surface area (Å²) in [7, 11) is 2.15. The number of benzene rings is 4. The molecule has 13 rings (SSSR count). The van der Waals surface area contributed by atoms with E-state index in [9.17, 15) is 0 Å². The van der Waals surface area contributed by atoms with Crippen molar-refractivity contribution in [2.75, 3.05) is 0 Å². The molecule has 0 saturated carbocycles. The molecule has 6 aromatic heterocycles. The van der Waals surface area contributed by atoms with Gasteiger partial charge in [-0.05, 0) is 64.8 Å². The quantitative estimate of drug-likeness (QED) is 0.119. The van der Waals surface area contributed by atoms with E-state index in [4.69, 9.17) is 9.98 Å². The number of aliphatic imine (C=N–C) groups is 2. The highest BCUT2D eigenvalue weighted by Crippen LogP contribution is 2.38. The van der Waals surface area contributed by atoms with E-state index >= 15 is 0 Å². The van der Waals surface area contributed by atoms with E-state index in [-0.39, 0.29) is 0 Å². The minimum Gasteiger partial charge on any atom is -0.354 e. The summed E-state index contributed by atoms with van der Waals surface area (Å²) in [6.45, 7) is 3.10.